The van der Waals surface area contributed by atoms with Gasteiger partial charge in [-0.05, 0) is 13.3 Å². The lowest BCUT2D eigenvalue weighted by atomic mass is 10.3. The first-order valence-electron chi connectivity index (χ1n) is 4.16. The van der Waals surface area contributed by atoms with E-state index in [0.29, 0.717) is 6.42 Å². The van der Waals surface area contributed by atoms with Gasteiger partial charge in [-0.2, -0.15) is 0 Å². The van der Waals surface area contributed by atoms with Gasteiger partial charge >= 0.3 is 0 Å². The third-order valence-corrected chi connectivity index (χ3v) is 1.55. The number of aliphatic hydroxyl groups is 2. The second-order valence-corrected chi connectivity index (χ2v) is 2.71. The number of ether oxygens (including phenoxy) is 2. The highest BCUT2D eigenvalue weighted by molar-refractivity contribution is 4.53. The van der Waals surface area contributed by atoms with E-state index in [9.17, 15) is 5.11 Å². The van der Waals surface area contributed by atoms with Gasteiger partial charge in [-0.3, -0.25) is 0 Å². The molecule has 4 heteroatoms. The molecule has 0 saturated carbocycles. The van der Waals surface area contributed by atoms with Gasteiger partial charge in [0, 0.05) is 7.11 Å². The van der Waals surface area contributed by atoms with Crippen molar-refractivity contribution in [3.63, 3.8) is 0 Å². The number of methoxy groups -OCH3 is 1. The van der Waals surface area contributed by atoms with Gasteiger partial charge in [0.2, 0.25) is 0 Å². The number of hydrogen-bond donors (Lipinski definition) is 2. The molecule has 0 aliphatic carbocycles. The summed E-state index contributed by atoms with van der Waals surface area (Å²) in [4.78, 5) is 0. The van der Waals surface area contributed by atoms with Crippen molar-refractivity contribution in [2.75, 3.05) is 7.11 Å². The van der Waals surface area contributed by atoms with Crippen molar-refractivity contribution in [2.45, 2.75) is 45.4 Å². The van der Waals surface area contributed by atoms with Crippen molar-refractivity contribution in [3.05, 3.63) is 0 Å². The fourth-order valence-corrected chi connectivity index (χ4v) is 0.822. The molecular formula is C8H18O4. The normalized spacial score (nSPS) is 18.8. The lowest BCUT2D eigenvalue weighted by Crippen LogP contribution is -2.31. The maximum Gasteiger partial charge on any atom is 0.180 e. The molecule has 0 amide bonds. The fourth-order valence-electron chi connectivity index (χ4n) is 0.822. The zero-order valence-electron chi connectivity index (χ0n) is 7.86. The Morgan fingerprint density at radius 3 is 2.33 bits per heavy atom. The predicted octanol–water partition coefficient (Wildman–Crippen LogP) is 0.475. The van der Waals surface area contributed by atoms with Crippen molar-refractivity contribution >= 4 is 0 Å². The van der Waals surface area contributed by atoms with Crippen molar-refractivity contribution in [2.24, 2.45) is 0 Å². The minimum atomic E-state index is -0.975. The molecule has 0 aromatic rings. The SMILES string of the molecule is CCCC(O)O[C@@H](C)C(O)OC. The van der Waals surface area contributed by atoms with Gasteiger partial charge in [-0.1, -0.05) is 13.3 Å². The fraction of sp³-hybridized carbons (Fsp3) is 1.00. The number of rotatable bonds is 6. The molecule has 0 bridgehead atoms. The summed E-state index contributed by atoms with van der Waals surface area (Å²) < 4.78 is 9.63. The smallest absolute Gasteiger partial charge is 0.180 e. The number of aliphatic hydroxyl groups excluding tert-OH is 2. The monoisotopic (exact) mass is 178 g/mol. The molecule has 4 nitrogen and oxygen atoms in total. The quantitative estimate of drug-likeness (QED) is 0.581. The van der Waals surface area contributed by atoms with Crippen LogP contribution in [0, 0.1) is 0 Å². The van der Waals surface area contributed by atoms with Gasteiger partial charge in [0.05, 0.1) is 0 Å². The second-order valence-electron chi connectivity index (χ2n) is 2.71. The summed E-state index contributed by atoms with van der Waals surface area (Å²) in [7, 11) is 1.39. The lowest BCUT2D eigenvalue weighted by molar-refractivity contribution is -0.215. The Kier molecular flexibility index (Phi) is 6.28. The van der Waals surface area contributed by atoms with Crippen LogP contribution in [0.4, 0.5) is 0 Å². The summed E-state index contributed by atoms with van der Waals surface area (Å²) in [6.45, 7) is 3.59. The van der Waals surface area contributed by atoms with Gasteiger partial charge in [0.25, 0.3) is 0 Å². The molecule has 0 aromatic heterocycles. The molecule has 2 N–H and O–H groups in total. The van der Waals surface area contributed by atoms with E-state index in [2.05, 4.69) is 4.74 Å². The summed E-state index contributed by atoms with van der Waals surface area (Å²) in [6, 6.07) is 0. The molecule has 0 radical (unpaired) electrons. The average molecular weight is 178 g/mol. The standard InChI is InChI=1S/C8H18O4/c1-4-5-7(9)12-6(2)8(10)11-3/h6-10H,4-5H2,1-3H3/t6-,7?,8?/m0/s1. The molecule has 0 aliphatic rings. The Bertz CT molecular complexity index is 107. The molecule has 3 atom stereocenters. The first kappa shape index (κ1) is 11.8. The maximum atomic E-state index is 9.18. The van der Waals surface area contributed by atoms with E-state index in [1.165, 1.54) is 7.11 Å². The lowest BCUT2D eigenvalue weighted by Gasteiger charge is -2.21. The van der Waals surface area contributed by atoms with Crippen LogP contribution in [0.2, 0.25) is 0 Å². The third-order valence-electron chi connectivity index (χ3n) is 1.55. The Hall–Kier alpha value is -0.160. The summed E-state index contributed by atoms with van der Waals surface area (Å²) >= 11 is 0. The Balaban J connectivity index is 3.59. The van der Waals surface area contributed by atoms with Crippen LogP contribution in [0.5, 0.6) is 0 Å². The van der Waals surface area contributed by atoms with E-state index in [1.807, 2.05) is 6.92 Å². The van der Waals surface area contributed by atoms with E-state index in [-0.39, 0.29) is 0 Å². The highest BCUT2D eigenvalue weighted by atomic mass is 16.7. The molecule has 0 fully saturated rings. The summed E-state index contributed by atoms with van der Waals surface area (Å²) in [5.74, 6) is 0. The molecule has 2 unspecified atom stereocenters. The predicted molar refractivity (Wildman–Crippen MR) is 44.5 cm³/mol. The zero-order valence-corrected chi connectivity index (χ0v) is 7.86. The first-order valence-corrected chi connectivity index (χ1v) is 4.16. The highest BCUT2D eigenvalue weighted by Crippen LogP contribution is 2.06. The maximum absolute atomic E-state index is 9.18. The number of hydrogen-bond acceptors (Lipinski definition) is 4. The molecule has 74 valence electrons. The largest absolute Gasteiger partial charge is 0.368 e. The van der Waals surface area contributed by atoms with Crippen molar-refractivity contribution in [3.8, 4) is 0 Å². The van der Waals surface area contributed by atoms with Crippen LogP contribution in [0.15, 0.2) is 0 Å². The van der Waals surface area contributed by atoms with Crippen LogP contribution >= 0.6 is 0 Å². The van der Waals surface area contributed by atoms with Crippen LogP contribution in [-0.4, -0.2) is 36.0 Å². The summed E-state index contributed by atoms with van der Waals surface area (Å²) in [5.41, 5.74) is 0. The zero-order chi connectivity index (χ0) is 9.56. The van der Waals surface area contributed by atoms with Gasteiger partial charge in [0.15, 0.2) is 12.6 Å². The molecule has 0 heterocycles. The van der Waals surface area contributed by atoms with Crippen LogP contribution in [0.25, 0.3) is 0 Å². The van der Waals surface area contributed by atoms with Crippen LogP contribution in [0.1, 0.15) is 26.7 Å². The van der Waals surface area contributed by atoms with Gasteiger partial charge in [-0.15, -0.1) is 0 Å². The Morgan fingerprint density at radius 2 is 1.92 bits per heavy atom. The second kappa shape index (κ2) is 6.37. The van der Waals surface area contributed by atoms with Gasteiger partial charge < -0.3 is 19.7 Å². The van der Waals surface area contributed by atoms with E-state index < -0.39 is 18.7 Å². The van der Waals surface area contributed by atoms with Crippen LogP contribution < -0.4 is 0 Å². The molecule has 12 heavy (non-hydrogen) atoms. The third kappa shape index (κ3) is 4.66. The molecule has 0 saturated heterocycles. The first-order chi connectivity index (χ1) is 5.61. The summed E-state index contributed by atoms with van der Waals surface area (Å²) in [5, 5.41) is 18.3. The van der Waals surface area contributed by atoms with Gasteiger partial charge in [0.1, 0.15) is 6.10 Å². The van der Waals surface area contributed by atoms with E-state index in [0.717, 1.165) is 6.42 Å². The highest BCUT2D eigenvalue weighted by Gasteiger charge is 2.16. The minimum absolute atomic E-state index is 0.503. The molecule has 0 rings (SSSR count). The van der Waals surface area contributed by atoms with Gasteiger partial charge in [-0.25, -0.2) is 0 Å². The topological polar surface area (TPSA) is 58.9 Å². The van der Waals surface area contributed by atoms with Crippen molar-refractivity contribution in [1.29, 1.82) is 0 Å². The van der Waals surface area contributed by atoms with E-state index in [1.54, 1.807) is 6.92 Å². The molecule has 0 aromatic carbocycles. The van der Waals surface area contributed by atoms with Crippen molar-refractivity contribution < 1.29 is 19.7 Å². The van der Waals surface area contributed by atoms with E-state index >= 15 is 0 Å². The molecule has 0 spiro atoms. The minimum Gasteiger partial charge on any atom is -0.368 e. The average Bonchev–Trinajstić information content (AvgIpc) is 2.03. The Morgan fingerprint density at radius 1 is 1.33 bits per heavy atom. The van der Waals surface area contributed by atoms with Crippen LogP contribution in [-0.2, 0) is 9.47 Å². The van der Waals surface area contributed by atoms with E-state index in [4.69, 9.17) is 9.84 Å². The molecule has 0 aliphatic heterocycles. The van der Waals surface area contributed by atoms with Crippen LogP contribution in [0.3, 0.4) is 0 Å². The Labute approximate surface area is 73.1 Å². The summed E-state index contributed by atoms with van der Waals surface area (Å²) in [6.07, 6.45) is -0.875. The van der Waals surface area contributed by atoms with Crippen molar-refractivity contribution in [1.82, 2.24) is 0 Å². The molecular weight excluding hydrogens is 160 g/mol.